The topological polar surface area (TPSA) is 32.3 Å². The first-order chi connectivity index (χ1) is 10.2. The third-order valence-corrected chi connectivity index (χ3v) is 4.85. The summed E-state index contributed by atoms with van der Waals surface area (Å²) in [5.74, 6) is 1.05. The summed E-state index contributed by atoms with van der Waals surface area (Å²) in [6, 6.07) is 3.27. The molecule has 4 nitrogen and oxygen atoms in total. The van der Waals surface area contributed by atoms with Gasteiger partial charge in [-0.3, -0.25) is 4.90 Å². The van der Waals surface area contributed by atoms with E-state index in [1.807, 2.05) is 12.3 Å². The Balaban J connectivity index is 1.75. The fourth-order valence-electron chi connectivity index (χ4n) is 3.90. The van der Waals surface area contributed by atoms with E-state index in [-0.39, 0.29) is 0 Å². The monoisotopic (exact) mass is 288 g/mol. The van der Waals surface area contributed by atoms with Gasteiger partial charge in [-0.05, 0) is 52.4 Å². The Labute approximate surface area is 128 Å². The Hall–Kier alpha value is -1.00. The van der Waals surface area contributed by atoms with Crippen molar-refractivity contribution in [3.8, 4) is 0 Å². The molecule has 1 aliphatic heterocycles. The summed E-state index contributed by atoms with van der Waals surface area (Å²) in [6.07, 6.45) is 11.4. The quantitative estimate of drug-likeness (QED) is 0.852. The van der Waals surface area contributed by atoms with Crippen molar-refractivity contribution < 1.29 is 0 Å². The Kier molecular flexibility index (Phi) is 4.86. The Morgan fingerprint density at radius 3 is 2.71 bits per heavy atom. The molecule has 1 aliphatic carbocycles. The first kappa shape index (κ1) is 14.9. The van der Waals surface area contributed by atoms with Gasteiger partial charge in [-0.15, -0.1) is 0 Å². The largest absolute Gasteiger partial charge is 0.304 e. The number of hydrogen-bond donors (Lipinski definition) is 0. The zero-order valence-electron chi connectivity index (χ0n) is 13.5. The molecular formula is C17H28N4. The van der Waals surface area contributed by atoms with Crippen LogP contribution in [0.1, 0.15) is 62.5 Å². The minimum atomic E-state index is 0.454. The van der Waals surface area contributed by atoms with Crippen molar-refractivity contribution in [1.82, 2.24) is 19.8 Å². The zero-order valence-corrected chi connectivity index (χ0v) is 13.5. The molecule has 1 atom stereocenters. The van der Waals surface area contributed by atoms with Crippen LogP contribution in [-0.2, 0) is 6.54 Å². The predicted octanol–water partition coefficient (Wildman–Crippen LogP) is 3.01. The molecule has 0 spiro atoms. The van der Waals surface area contributed by atoms with Crippen LogP contribution in [0.5, 0.6) is 0 Å². The summed E-state index contributed by atoms with van der Waals surface area (Å²) in [5.41, 5.74) is 1.14. The van der Waals surface area contributed by atoms with Gasteiger partial charge in [0.25, 0.3) is 0 Å². The molecule has 0 bridgehead atoms. The Morgan fingerprint density at radius 2 is 1.95 bits per heavy atom. The van der Waals surface area contributed by atoms with E-state index < -0.39 is 0 Å². The maximum absolute atomic E-state index is 4.85. The van der Waals surface area contributed by atoms with Crippen molar-refractivity contribution in [3.05, 3.63) is 23.8 Å². The molecule has 0 aromatic carbocycles. The summed E-state index contributed by atoms with van der Waals surface area (Å²) in [6.45, 7) is 2.13. The fourth-order valence-corrected chi connectivity index (χ4v) is 3.90. The van der Waals surface area contributed by atoms with Crippen LogP contribution < -0.4 is 0 Å². The van der Waals surface area contributed by atoms with E-state index in [2.05, 4.69) is 28.9 Å². The molecule has 1 aromatic heterocycles. The summed E-state index contributed by atoms with van der Waals surface area (Å²) < 4.78 is 0. The van der Waals surface area contributed by atoms with Gasteiger partial charge >= 0.3 is 0 Å². The molecule has 2 heterocycles. The molecule has 1 aromatic rings. The maximum Gasteiger partial charge on any atom is 0.145 e. The summed E-state index contributed by atoms with van der Waals surface area (Å²) >= 11 is 0. The third-order valence-electron chi connectivity index (χ3n) is 4.85. The summed E-state index contributed by atoms with van der Waals surface area (Å²) in [7, 11) is 4.18. The van der Waals surface area contributed by atoms with Gasteiger partial charge in [0, 0.05) is 18.8 Å². The second kappa shape index (κ2) is 6.84. The Bertz CT molecular complexity index is 454. The van der Waals surface area contributed by atoms with Crippen LogP contribution >= 0.6 is 0 Å². The van der Waals surface area contributed by atoms with Gasteiger partial charge in [0.1, 0.15) is 5.82 Å². The van der Waals surface area contributed by atoms with Crippen molar-refractivity contribution in [2.45, 2.75) is 63.6 Å². The molecule has 1 saturated carbocycles. The van der Waals surface area contributed by atoms with E-state index in [9.17, 15) is 0 Å². The SMILES string of the molecule is CN(C)Cc1ccnc([C@@H]2CCCN2C2CCCCC2)n1. The van der Waals surface area contributed by atoms with Crippen LogP contribution in [0.2, 0.25) is 0 Å². The second-order valence-corrected chi connectivity index (χ2v) is 6.83. The zero-order chi connectivity index (χ0) is 14.7. The van der Waals surface area contributed by atoms with Crippen LogP contribution in [-0.4, -0.2) is 46.4 Å². The molecule has 0 N–H and O–H groups in total. The lowest BCUT2D eigenvalue weighted by Crippen LogP contribution is -2.37. The van der Waals surface area contributed by atoms with Crippen LogP contribution in [0.3, 0.4) is 0 Å². The minimum Gasteiger partial charge on any atom is -0.304 e. The molecule has 4 heteroatoms. The maximum atomic E-state index is 4.85. The van der Waals surface area contributed by atoms with Gasteiger partial charge in [0.15, 0.2) is 0 Å². The van der Waals surface area contributed by atoms with Crippen molar-refractivity contribution in [3.63, 3.8) is 0 Å². The van der Waals surface area contributed by atoms with Crippen LogP contribution in [0.4, 0.5) is 0 Å². The Morgan fingerprint density at radius 1 is 1.14 bits per heavy atom. The highest BCUT2D eigenvalue weighted by atomic mass is 15.2. The summed E-state index contributed by atoms with van der Waals surface area (Å²) in [4.78, 5) is 14.3. The van der Waals surface area contributed by atoms with Gasteiger partial charge in [-0.1, -0.05) is 19.3 Å². The van der Waals surface area contributed by atoms with Gasteiger partial charge in [0.2, 0.25) is 0 Å². The number of likely N-dealkylation sites (tertiary alicyclic amines) is 1. The molecule has 21 heavy (non-hydrogen) atoms. The second-order valence-electron chi connectivity index (χ2n) is 6.83. The van der Waals surface area contributed by atoms with Crippen LogP contribution in [0.15, 0.2) is 12.3 Å². The normalized spacial score (nSPS) is 24.8. The van der Waals surface area contributed by atoms with Gasteiger partial charge in [0.05, 0.1) is 11.7 Å². The van der Waals surface area contributed by atoms with E-state index in [1.54, 1.807) is 0 Å². The lowest BCUT2D eigenvalue weighted by atomic mass is 9.93. The van der Waals surface area contributed by atoms with Crippen LogP contribution in [0, 0.1) is 0 Å². The fraction of sp³-hybridized carbons (Fsp3) is 0.765. The van der Waals surface area contributed by atoms with Crippen molar-refractivity contribution >= 4 is 0 Å². The van der Waals surface area contributed by atoms with Crippen molar-refractivity contribution in [2.75, 3.05) is 20.6 Å². The van der Waals surface area contributed by atoms with Crippen molar-refractivity contribution in [1.29, 1.82) is 0 Å². The average molecular weight is 288 g/mol. The predicted molar refractivity (Wildman–Crippen MR) is 85.0 cm³/mol. The molecule has 2 fully saturated rings. The average Bonchev–Trinajstić information content (AvgIpc) is 2.97. The molecular weight excluding hydrogens is 260 g/mol. The van der Waals surface area contributed by atoms with E-state index in [1.165, 1.54) is 51.5 Å². The molecule has 0 unspecified atom stereocenters. The van der Waals surface area contributed by atoms with E-state index >= 15 is 0 Å². The first-order valence-corrected chi connectivity index (χ1v) is 8.46. The summed E-state index contributed by atoms with van der Waals surface area (Å²) in [5, 5.41) is 0. The molecule has 2 aliphatic rings. The highest BCUT2D eigenvalue weighted by Crippen LogP contribution is 2.36. The molecule has 116 valence electrons. The van der Waals surface area contributed by atoms with Crippen molar-refractivity contribution in [2.24, 2.45) is 0 Å². The first-order valence-electron chi connectivity index (χ1n) is 8.46. The molecule has 1 saturated heterocycles. The number of nitrogens with zero attached hydrogens (tertiary/aromatic N) is 4. The lowest BCUT2D eigenvalue weighted by Gasteiger charge is -2.35. The standard InChI is InChI=1S/C17H28N4/c1-20(2)13-14-10-11-18-17(19-14)16-9-6-12-21(16)15-7-4-3-5-8-15/h10-11,15-16H,3-9,12-13H2,1-2H3/t16-/m0/s1. The molecule has 0 amide bonds. The third kappa shape index (κ3) is 3.61. The highest BCUT2D eigenvalue weighted by molar-refractivity contribution is 5.07. The van der Waals surface area contributed by atoms with Gasteiger partial charge < -0.3 is 4.90 Å². The number of aromatic nitrogens is 2. The highest BCUT2D eigenvalue weighted by Gasteiger charge is 2.33. The van der Waals surface area contributed by atoms with Gasteiger partial charge in [-0.25, -0.2) is 9.97 Å². The number of rotatable bonds is 4. The lowest BCUT2D eigenvalue weighted by molar-refractivity contribution is 0.137. The van der Waals surface area contributed by atoms with Crippen LogP contribution in [0.25, 0.3) is 0 Å². The van der Waals surface area contributed by atoms with E-state index in [4.69, 9.17) is 4.98 Å². The smallest absolute Gasteiger partial charge is 0.145 e. The van der Waals surface area contributed by atoms with E-state index in [0.717, 1.165) is 24.1 Å². The molecule has 3 rings (SSSR count). The van der Waals surface area contributed by atoms with Gasteiger partial charge in [-0.2, -0.15) is 0 Å². The van der Waals surface area contributed by atoms with E-state index in [0.29, 0.717) is 6.04 Å². The minimum absolute atomic E-state index is 0.454. The molecule has 0 radical (unpaired) electrons. The number of hydrogen-bond acceptors (Lipinski definition) is 4.